The number of hydrogen-bond acceptors (Lipinski definition) is 7. The lowest BCUT2D eigenvalue weighted by Crippen LogP contribution is -2.29. The molecule has 0 radical (unpaired) electrons. The van der Waals surface area contributed by atoms with Gasteiger partial charge in [-0.1, -0.05) is 196 Å². The third kappa shape index (κ3) is 44.4. The quantitative estimate of drug-likeness (QED) is 0.0182. The average Bonchev–Trinajstić information content (AvgIpc) is 3.17. The molecule has 2 atom stereocenters. The van der Waals surface area contributed by atoms with E-state index in [0.29, 0.717) is 6.42 Å². The van der Waals surface area contributed by atoms with Gasteiger partial charge in [0.05, 0.1) is 12.7 Å². The molecule has 0 spiro atoms. The second kappa shape index (κ2) is 40.2. The number of allylic oxidation sites excluding steroid dienone is 11. The standard InChI is InChI=1S/C47H81O9P/c1-4-5-6-7-8-9-10-11-12-16-19-22-25-28-31-34-37-44(48)39-40-46(49)54-41-45(42-55-57(51,52)53)56-47(50)38-35-32-29-26-23-20-17-14-13-15-18-21-24-27-30-33-36-43(2)3/h5-6,8-9,11-12,19,22,28,31,34,37,43-45,48H,4,7,10,13-18,20-21,23-27,29-30,32-33,35-36,38-42H2,1-3H3,(H2,51,52,53)/b6-5-,9-8-,12-11-,22-19-,31-28-,37-34-/t44?,45-/m1/s1. The maximum absolute atomic E-state index is 12.4. The molecule has 0 aliphatic carbocycles. The lowest BCUT2D eigenvalue weighted by molar-refractivity contribution is -0.161. The fourth-order valence-corrected chi connectivity index (χ4v) is 6.32. The number of aliphatic hydroxyl groups excluding tert-OH is 1. The summed E-state index contributed by atoms with van der Waals surface area (Å²) in [5.41, 5.74) is 0. The van der Waals surface area contributed by atoms with Crippen LogP contribution in [0.15, 0.2) is 72.9 Å². The Hall–Kier alpha value is -2.55. The summed E-state index contributed by atoms with van der Waals surface area (Å²) in [7, 11) is -4.81. The lowest BCUT2D eigenvalue weighted by atomic mass is 10.0. The van der Waals surface area contributed by atoms with Crippen molar-refractivity contribution in [2.45, 2.75) is 193 Å². The molecule has 57 heavy (non-hydrogen) atoms. The van der Waals surface area contributed by atoms with Crippen molar-refractivity contribution >= 4 is 19.8 Å². The lowest BCUT2D eigenvalue weighted by Gasteiger charge is -2.18. The van der Waals surface area contributed by atoms with Crippen molar-refractivity contribution in [2.75, 3.05) is 13.2 Å². The third-order valence-electron chi connectivity index (χ3n) is 9.29. The van der Waals surface area contributed by atoms with Gasteiger partial charge in [-0.15, -0.1) is 0 Å². The van der Waals surface area contributed by atoms with Gasteiger partial charge >= 0.3 is 19.8 Å². The molecule has 10 heteroatoms. The number of carbonyl (C=O) groups is 2. The minimum Gasteiger partial charge on any atom is -0.462 e. The average molecular weight is 821 g/mol. The second-order valence-electron chi connectivity index (χ2n) is 15.3. The topological polar surface area (TPSA) is 140 Å². The van der Waals surface area contributed by atoms with Crippen LogP contribution >= 0.6 is 7.82 Å². The van der Waals surface area contributed by atoms with Gasteiger partial charge in [-0.05, 0) is 50.9 Å². The summed E-state index contributed by atoms with van der Waals surface area (Å²) < 4.78 is 26.3. The van der Waals surface area contributed by atoms with E-state index in [0.717, 1.165) is 57.3 Å². The first-order valence-electron chi connectivity index (χ1n) is 22.2. The molecular formula is C47H81O9P. The number of ether oxygens (including phenoxy) is 2. The molecule has 0 aromatic heterocycles. The van der Waals surface area contributed by atoms with E-state index in [4.69, 9.17) is 19.3 Å². The van der Waals surface area contributed by atoms with E-state index < -0.39 is 45.2 Å². The molecule has 0 amide bonds. The molecule has 0 aromatic carbocycles. The van der Waals surface area contributed by atoms with Crippen LogP contribution in [0.2, 0.25) is 0 Å². The van der Waals surface area contributed by atoms with Crippen molar-refractivity contribution in [3.8, 4) is 0 Å². The van der Waals surface area contributed by atoms with E-state index in [2.05, 4.69) is 73.9 Å². The smallest absolute Gasteiger partial charge is 0.462 e. The summed E-state index contributed by atoms with van der Waals surface area (Å²) in [6, 6.07) is 0. The van der Waals surface area contributed by atoms with Crippen LogP contribution in [0.3, 0.4) is 0 Å². The number of rotatable bonds is 39. The van der Waals surface area contributed by atoms with E-state index in [1.54, 1.807) is 12.2 Å². The Morgan fingerprint density at radius 1 is 0.561 bits per heavy atom. The molecule has 0 saturated heterocycles. The second-order valence-corrected chi connectivity index (χ2v) is 16.6. The first-order valence-corrected chi connectivity index (χ1v) is 23.7. The van der Waals surface area contributed by atoms with Crippen LogP contribution in [0.1, 0.15) is 181 Å². The van der Waals surface area contributed by atoms with Gasteiger partial charge in [0.15, 0.2) is 6.10 Å². The van der Waals surface area contributed by atoms with Crippen molar-refractivity contribution < 1.29 is 43.0 Å². The summed E-state index contributed by atoms with van der Waals surface area (Å²) in [4.78, 5) is 42.9. The molecule has 328 valence electrons. The number of phosphoric ester groups is 1. The molecule has 0 fully saturated rings. The van der Waals surface area contributed by atoms with E-state index >= 15 is 0 Å². The predicted octanol–water partition coefficient (Wildman–Crippen LogP) is 12.7. The van der Waals surface area contributed by atoms with E-state index in [1.165, 1.54) is 83.5 Å². The highest BCUT2D eigenvalue weighted by molar-refractivity contribution is 7.46. The number of phosphoric acid groups is 1. The summed E-state index contributed by atoms with van der Waals surface area (Å²) in [5, 5.41) is 10.2. The number of esters is 2. The van der Waals surface area contributed by atoms with Crippen LogP contribution in [-0.2, 0) is 28.2 Å². The normalized spacial score (nSPS) is 13.8. The van der Waals surface area contributed by atoms with Crippen LogP contribution in [0.5, 0.6) is 0 Å². The van der Waals surface area contributed by atoms with Crippen molar-refractivity contribution in [1.29, 1.82) is 0 Å². The Kier molecular flexibility index (Phi) is 38.4. The van der Waals surface area contributed by atoms with Gasteiger partial charge in [0.25, 0.3) is 0 Å². The zero-order chi connectivity index (χ0) is 42.1. The van der Waals surface area contributed by atoms with E-state index in [-0.39, 0.29) is 19.3 Å². The van der Waals surface area contributed by atoms with Gasteiger partial charge in [-0.2, -0.15) is 0 Å². The SMILES string of the molecule is CC/C=C\C/C=C\C/C=C\C/C=C\C/C=C\C=C/C(O)CCC(=O)OC[C@H](COP(=O)(O)O)OC(=O)CCCCCCCCCCCCCCCCCCC(C)C. The van der Waals surface area contributed by atoms with Gasteiger partial charge in [0.2, 0.25) is 0 Å². The highest BCUT2D eigenvalue weighted by Gasteiger charge is 2.23. The van der Waals surface area contributed by atoms with Crippen LogP contribution in [0.25, 0.3) is 0 Å². The Balaban J connectivity index is 4.10. The molecule has 1 unspecified atom stereocenters. The van der Waals surface area contributed by atoms with Crippen molar-refractivity contribution in [2.24, 2.45) is 5.92 Å². The highest BCUT2D eigenvalue weighted by atomic mass is 31.2. The fraction of sp³-hybridized carbons (Fsp3) is 0.702. The Labute approximate surface area is 347 Å². The van der Waals surface area contributed by atoms with Gasteiger partial charge in [0.1, 0.15) is 6.61 Å². The van der Waals surface area contributed by atoms with Crippen LogP contribution < -0.4 is 0 Å². The number of aliphatic hydroxyl groups is 1. The van der Waals surface area contributed by atoms with Gasteiger partial charge in [-0.25, -0.2) is 4.57 Å². The molecule has 0 aliphatic heterocycles. The minimum atomic E-state index is -4.81. The third-order valence-corrected chi connectivity index (χ3v) is 9.77. The molecular weight excluding hydrogens is 739 g/mol. The molecule has 0 rings (SSSR count). The molecule has 0 saturated carbocycles. The molecule has 9 nitrogen and oxygen atoms in total. The van der Waals surface area contributed by atoms with Crippen molar-refractivity contribution in [3.63, 3.8) is 0 Å². The summed E-state index contributed by atoms with van der Waals surface area (Å²) in [5.74, 6) is -0.336. The highest BCUT2D eigenvalue weighted by Crippen LogP contribution is 2.36. The molecule has 3 N–H and O–H groups in total. The molecule has 0 heterocycles. The Bertz CT molecular complexity index is 1180. The first-order chi connectivity index (χ1) is 27.5. The molecule has 0 aromatic rings. The maximum atomic E-state index is 12.4. The van der Waals surface area contributed by atoms with Crippen LogP contribution in [0, 0.1) is 5.92 Å². The van der Waals surface area contributed by atoms with Crippen LogP contribution in [0.4, 0.5) is 0 Å². The zero-order valence-electron chi connectivity index (χ0n) is 36.0. The van der Waals surface area contributed by atoms with Crippen LogP contribution in [-0.4, -0.2) is 52.3 Å². The molecule has 0 bridgehead atoms. The Morgan fingerprint density at radius 3 is 1.49 bits per heavy atom. The largest absolute Gasteiger partial charge is 0.469 e. The maximum Gasteiger partial charge on any atom is 0.469 e. The van der Waals surface area contributed by atoms with Crippen molar-refractivity contribution in [1.82, 2.24) is 0 Å². The number of carbonyl (C=O) groups excluding carboxylic acids is 2. The van der Waals surface area contributed by atoms with E-state index in [9.17, 15) is 19.3 Å². The zero-order valence-corrected chi connectivity index (χ0v) is 36.9. The monoisotopic (exact) mass is 821 g/mol. The summed E-state index contributed by atoms with van der Waals surface area (Å²) in [6.07, 6.45) is 48.2. The number of unbranched alkanes of at least 4 members (excludes halogenated alkanes) is 15. The van der Waals surface area contributed by atoms with Gasteiger partial charge < -0.3 is 24.4 Å². The predicted molar refractivity (Wildman–Crippen MR) is 236 cm³/mol. The van der Waals surface area contributed by atoms with Gasteiger partial charge in [0, 0.05) is 12.8 Å². The minimum absolute atomic E-state index is 0.0872. The van der Waals surface area contributed by atoms with Crippen molar-refractivity contribution in [3.05, 3.63) is 72.9 Å². The molecule has 0 aliphatic rings. The first kappa shape index (κ1) is 54.5. The summed E-state index contributed by atoms with van der Waals surface area (Å²) >= 11 is 0. The fourth-order valence-electron chi connectivity index (χ4n) is 5.96. The summed E-state index contributed by atoms with van der Waals surface area (Å²) in [6.45, 7) is 5.71. The number of hydrogen-bond donors (Lipinski definition) is 3. The van der Waals surface area contributed by atoms with E-state index in [1.807, 2.05) is 12.2 Å². The Morgan fingerprint density at radius 2 is 1.02 bits per heavy atom. The van der Waals surface area contributed by atoms with Gasteiger partial charge in [-0.3, -0.25) is 14.1 Å².